The number of esters is 1. The second kappa shape index (κ2) is 7.68. The van der Waals surface area contributed by atoms with Crippen LogP contribution in [0.1, 0.15) is 12.0 Å². The summed E-state index contributed by atoms with van der Waals surface area (Å²) in [5.41, 5.74) is 0.604. The zero-order valence-corrected chi connectivity index (χ0v) is 13.4. The van der Waals surface area contributed by atoms with E-state index in [0.29, 0.717) is 21.5 Å². The van der Waals surface area contributed by atoms with E-state index in [1.807, 2.05) is 0 Å². The van der Waals surface area contributed by atoms with E-state index in [4.69, 9.17) is 14.6 Å². The molecule has 7 heteroatoms. The Labute approximate surface area is 130 Å². The molecule has 21 heavy (non-hydrogen) atoms. The molecule has 0 aliphatic rings. The van der Waals surface area contributed by atoms with Gasteiger partial charge in [0.25, 0.3) is 0 Å². The maximum Gasteiger partial charge on any atom is 0.334 e. The SMILES string of the molecule is COC(=O)/C(=C/c1cc(OC)c(OC)cc1Br)CC(=O)O. The lowest BCUT2D eigenvalue weighted by Crippen LogP contribution is -2.09. The summed E-state index contributed by atoms with van der Waals surface area (Å²) in [6.07, 6.45) is 0.999. The number of hydrogen-bond donors (Lipinski definition) is 1. The number of hydrogen-bond acceptors (Lipinski definition) is 5. The molecule has 0 saturated heterocycles. The van der Waals surface area contributed by atoms with Gasteiger partial charge in [0.05, 0.1) is 27.8 Å². The molecule has 0 fully saturated rings. The number of carbonyl (C=O) groups is 2. The number of benzene rings is 1. The van der Waals surface area contributed by atoms with Crippen molar-refractivity contribution in [3.8, 4) is 11.5 Å². The standard InChI is InChI=1S/C14H15BrO6/c1-19-11-5-8(10(15)7-12(11)20-2)4-9(6-13(16)17)14(18)21-3/h4-5,7H,6H2,1-3H3,(H,16,17)/b9-4+. The van der Waals surface area contributed by atoms with E-state index in [0.717, 1.165) is 0 Å². The summed E-state index contributed by atoms with van der Waals surface area (Å²) in [7, 11) is 4.18. The molecular formula is C14H15BrO6. The van der Waals surface area contributed by atoms with Gasteiger partial charge in [0, 0.05) is 10.0 Å². The monoisotopic (exact) mass is 358 g/mol. The number of carboxylic acid groups (broad SMARTS) is 1. The molecule has 6 nitrogen and oxygen atoms in total. The summed E-state index contributed by atoms with van der Waals surface area (Å²) in [5.74, 6) is -0.840. The Morgan fingerprint density at radius 1 is 1.19 bits per heavy atom. The number of aliphatic carboxylic acids is 1. The highest BCUT2D eigenvalue weighted by molar-refractivity contribution is 9.10. The Balaban J connectivity index is 3.32. The molecule has 0 aliphatic heterocycles. The molecule has 0 aliphatic carbocycles. The van der Waals surface area contributed by atoms with Crippen LogP contribution >= 0.6 is 15.9 Å². The zero-order valence-electron chi connectivity index (χ0n) is 11.8. The van der Waals surface area contributed by atoms with Crippen molar-refractivity contribution >= 4 is 33.9 Å². The summed E-state index contributed by atoms with van der Waals surface area (Å²) in [5, 5.41) is 8.85. The first kappa shape index (κ1) is 17.0. The molecule has 1 rings (SSSR count). The van der Waals surface area contributed by atoms with E-state index in [1.165, 1.54) is 27.4 Å². The van der Waals surface area contributed by atoms with Crippen molar-refractivity contribution in [2.24, 2.45) is 0 Å². The lowest BCUT2D eigenvalue weighted by Gasteiger charge is -2.11. The molecule has 114 valence electrons. The summed E-state index contributed by atoms with van der Waals surface area (Å²) < 4.78 is 15.5. The van der Waals surface area contributed by atoms with Crippen LogP contribution in [-0.4, -0.2) is 38.4 Å². The smallest absolute Gasteiger partial charge is 0.334 e. The van der Waals surface area contributed by atoms with Crippen LogP contribution in [0.5, 0.6) is 11.5 Å². The number of carboxylic acids is 1. The zero-order chi connectivity index (χ0) is 16.0. The number of ether oxygens (including phenoxy) is 3. The van der Waals surface area contributed by atoms with Crippen LogP contribution in [0.4, 0.5) is 0 Å². The van der Waals surface area contributed by atoms with Crippen LogP contribution in [-0.2, 0) is 14.3 Å². The third-order valence-electron chi connectivity index (χ3n) is 2.62. The molecular weight excluding hydrogens is 344 g/mol. The second-order valence-corrected chi connectivity index (χ2v) is 4.81. The summed E-state index contributed by atoms with van der Waals surface area (Å²) >= 11 is 3.34. The fourth-order valence-corrected chi connectivity index (χ4v) is 2.08. The fourth-order valence-electron chi connectivity index (χ4n) is 1.64. The first-order valence-corrected chi connectivity index (χ1v) is 6.64. The minimum absolute atomic E-state index is 0.0259. The molecule has 0 atom stereocenters. The van der Waals surface area contributed by atoms with E-state index in [9.17, 15) is 9.59 Å². The van der Waals surface area contributed by atoms with Gasteiger partial charge in [0.2, 0.25) is 0 Å². The van der Waals surface area contributed by atoms with E-state index < -0.39 is 18.4 Å². The number of methoxy groups -OCH3 is 3. The van der Waals surface area contributed by atoms with Gasteiger partial charge < -0.3 is 19.3 Å². The Morgan fingerprint density at radius 3 is 2.24 bits per heavy atom. The maximum absolute atomic E-state index is 11.6. The Hall–Kier alpha value is -2.02. The van der Waals surface area contributed by atoms with Gasteiger partial charge in [-0.2, -0.15) is 0 Å². The van der Waals surface area contributed by atoms with Crippen LogP contribution in [0.2, 0.25) is 0 Å². The van der Waals surface area contributed by atoms with Crippen LogP contribution in [0, 0.1) is 0 Å². The lowest BCUT2D eigenvalue weighted by molar-refractivity contribution is -0.141. The molecule has 0 amide bonds. The highest BCUT2D eigenvalue weighted by Crippen LogP contribution is 2.34. The van der Waals surface area contributed by atoms with Gasteiger partial charge in [-0.1, -0.05) is 15.9 Å². The molecule has 0 spiro atoms. The topological polar surface area (TPSA) is 82.1 Å². The Bertz CT molecular complexity index is 579. The Morgan fingerprint density at radius 2 is 1.76 bits per heavy atom. The quantitative estimate of drug-likeness (QED) is 0.621. The van der Waals surface area contributed by atoms with Crippen LogP contribution in [0.15, 0.2) is 22.2 Å². The van der Waals surface area contributed by atoms with E-state index in [2.05, 4.69) is 20.7 Å². The average molecular weight is 359 g/mol. The molecule has 0 unspecified atom stereocenters. The molecule has 0 radical (unpaired) electrons. The molecule has 0 heterocycles. The third-order valence-corrected chi connectivity index (χ3v) is 3.31. The number of halogens is 1. The van der Waals surface area contributed by atoms with E-state index in [-0.39, 0.29) is 5.57 Å². The van der Waals surface area contributed by atoms with Crippen molar-refractivity contribution < 1.29 is 28.9 Å². The van der Waals surface area contributed by atoms with Gasteiger partial charge in [0.1, 0.15) is 0 Å². The summed E-state index contributed by atoms with van der Waals surface area (Å²) in [4.78, 5) is 22.4. The predicted octanol–water partition coefficient (Wildman–Crippen LogP) is 2.50. The minimum atomic E-state index is -1.12. The third kappa shape index (κ3) is 4.49. The highest BCUT2D eigenvalue weighted by Gasteiger charge is 2.16. The van der Waals surface area contributed by atoms with Crippen molar-refractivity contribution in [1.82, 2.24) is 0 Å². The molecule has 1 aromatic rings. The largest absolute Gasteiger partial charge is 0.493 e. The average Bonchev–Trinajstić information content (AvgIpc) is 2.46. The van der Waals surface area contributed by atoms with Gasteiger partial charge in [0.15, 0.2) is 11.5 Å². The Kier molecular flexibility index (Phi) is 6.23. The van der Waals surface area contributed by atoms with Crippen molar-refractivity contribution in [1.29, 1.82) is 0 Å². The minimum Gasteiger partial charge on any atom is -0.493 e. The van der Waals surface area contributed by atoms with E-state index >= 15 is 0 Å². The number of rotatable bonds is 6. The second-order valence-electron chi connectivity index (χ2n) is 3.96. The summed E-state index contributed by atoms with van der Waals surface area (Å²) in [6.45, 7) is 0. The van der Waals surface area contributed by atoms with Crippen LogP contribution < -0.4 is 9.47 Å². The van der Waals surface area contributed by atoms with Crippen molar-refractivity contribution in [3.05, 3.63) is 27.7 Å². The summed E-state index contributed by atoms with van der Waals surface area (Å²) in [6, 6.07) is 3.30. The molecule has 0 saturated carbocycles. The molecule has 1 aromatic carbocycles. The van der Waals surface area contributed by atoms with Crippen LogP contribution in [0.3, 0.4) is 0 Å². The van der Waals surface area contributed by atoms with Crippen molar-refractivity contribution in [3.63, 3.8) is 0 Å². The van der Waals surface area contributed by atoms with E-state index in [1.54, 1.807) is 12.1 Å². The maximum atomic E-state index is 11.6. The van der Waals surface area contributed by atoms with Gasteiger partial charge in [-0.15, -0.1) is 0 Å². The highest BCUT2D eigenvalue weighted by atomic mass is 79.9. The number of carbonyl (C=O) groups excluding carboxylic acids is 1. The van der Waals surface area contributed by atoms with Crippen molar-refractivity contribution in [2.75, 3.05) is 21.3 Å². The predicted molar refractivity (Wildman–Crippen MR) is 79.5 cm³/mol. The van der Waals surface area contributed by atoms with Gasteiger partial charge in [-0.25, -0.2) is 4.79 Å². The normalized spacial score (nSPS) is 11.0. The van der Waals surface area contributed by atoms with Gasteiger partial charge in [-0.3, -0.25) is 4.79 Å². The molecule has 1 N–H and O–H groups in total. The first-order valence-electron chi connectivity index (χ1n) is 5.85. The lowest BCUT2D eigenvalue weighted by atomic mass is 10.1. The van der Waals surface area contributed by atoms with Gasteiger partial charge >= 0.3 is 11.9 Å². The molecule has 0 aromatic heterocycles. The van der Waals surface area contributed by atoms with Crippen molar-refractivity contribution in [2.45, 2.75) is 6.42 Å². The fraction of sp³-hybridized carbons (Fsp3) is 0.286. The van der Waals surface area contributed by atoms with Gasteiger partial charge in [-0.05, 0) is 23.8 Å². The first-order chi connectivity index (χ1) is 9.92. The molecule has 0 bridgehead atoms. The van der Waals surface area contributed by atoms with Crippen LogP contribution in [0.25, 0.3) is 6.08 Å².